The number of nitrogens with two attached hydrogens (primary N) is 1. The number of aliphatic hydroxyl groups is 1. The van der Waals surface area contributed by atoms with E-state index in [1.165, 1.54) is 0 Å². The van der Waals surface area contributed by atoms with Crippen LogP contribution in [0.25, 0.3) is 0 Å². The second kappa shape index (κ2) is 5.48. The maximum absolute atomic E-state index is 10.9. The van der Waals surface area contributed by atoms with Gasteiger partial charge in [0, 0.05) is 6.42 Å². The van der Waals surface area contributed by atoms with E-state index in [0.29, 0.717) is 6.42 Å². The van der Waals surface area contributed by atoms with Gasteiger partial charge in [0.25, 0.3) is 0 Å². The highest BCUT2D eigenvalue weighted by molar-refractivity contribution is 5.70. The molecule has 0 aliphatic carbocycles. The molecule has 0 amide bonds. The monoisotopic (exact) mass is 209 g/mol. The Labute approximate surface area is 88.3 Å². The minimum Gasteiger partial charge on any atom is -0.481 e. The van der Waals surface area contributed by atoms with Crippen molar-refractivity contribution in [2.75, 3.05) is 0 Å². The number of benzene rings is 1. The van der Waals surface area contributed by atoms with E-state index in [9.17, 15) is 4.79 Å². The summed E-state index contributed by atoms with van der Waals surface area (Å²) in [5, 5.41) is 17.9. The van der Waals surface area contributed by atoms with Gasteiger partial charge in [0.15, 0.2) is 0 Å². The summed E-state index contributed by atoms with van der Waals surface area (Å²) >= 11 is 0. The number of aliphatic hydroxyl groups excluding tert-OH is 1. The SMILES string of the molecule is NC(O)CC(Cc1ccccc1)C(=O)O. The lowest BCUT2D eigenvalue weighted by atomic mass is 9.96. The first kappa shape index (κ1) is 11.7. The average molecular weight is 209 g/mol. The van der Waals surface area contributed by atoms with E-state index in [-0.39, 0.29) is 6.42 Å². The molecule has 0 spiro atoms. The average Bonchev–Trinajstić information content (AvgIpc) is 2.17. The fourth-order valence-electron chi connectivity index (χ4n) is 1.46. The highest BCUT2D eigenvalue weighted by atomic mass is 16.4. The maximum atomic E-state index is 10.9. The van der Waals surface area contributed by atoms with Gasteiger partial charge in [-0.05, 0) is 12.0 Å². The zero-order chi connectivity index (χ0) is 11.3. The highest BCUT2D eigenvalue weighted by Gasteiger charge is 2.19. The summed E-state index contributed by atoms with van der Waals surface area (Å²) in [6.45, 7) is 0. The predicted molar refractivity (Wildman–Crippen MR) is 56.1 cm³/mol. The first-order chi connectivity index (χ1) is 7.09. The number of carboxylic acid groups (broad SMARTS) is 1. The molecule has 0 aliphatic rings. The number of carboxylic acids is 1. The van der Waals surface area contributed by atoms with Crippen molar-refractivity contribution in [2.45, 2.75) is 19.1 Å². The molecule has 2 atom stereocenters. The van der Waals surface area contributed by atoms with Crippen molar-refractivity contribution in [1.29, 1.82) is 0 Å². The maximum Gasteiger partial charge on any atom is 0.306 e. The molecule has 82 valence electrons. The van der Waals surface area contributed by atoms with Gasteiger partial charge in [-0.2, -0.15) is 0 Å². The summed E-state index contributed by atoms with van der Waals surface area (Å²) in [5.74, 6) is -1.56. The van der Waals surface area contributed by atoms with Crippen molar-refractivity contribution in [1.82, 2.24) is 0 Å². The van der Waals surface area contributed by atoms with Crippen molar-refractivity contribution in [3.8, 4) is 0 Å². The van der Waals surface area contributed by atoms with Crippen LogP contribution >= 0.6 is 0 Å². The smallest absolute Gasteiger partial charge is 0.306 e. The topological polar surface area (TPSA) is 83.5 Å². The Morgan fingerprint density at radius 2 is 1.93 bits per heavy atom. The molecule has 15 heavy (non-hydrogen) atoms. The lowest BCUT2D eigenvalue weighted by Gasteiger charge is -2.13. The fourth-order valence-corrected chi connectivity index (χ4v) is 1.46. The summed E-state index contributed by atoms with van der Waals surface area (Å²) in [5.41, 5.74) is 6.11. The van der Waals surface area contributed by atoms with E-state index in [1.54, 1.807) is 0 Å². The molecule has 0 saturated heterocycles. The Morgan fingerprint density at radius 3 is 2.40 bits per heavy atom. The quantitative estimate of drug-likeness (QED) is 0.620. The number of hydrogen-bond donors (Lipinski definition) is 3. The van der Waals surface area contributed by atoms with E-state index in [2.05, 4.69) is 0 Å². The zero-order valence-corrected chi connectivity index (χ0v) is 8.34. The second-order valence-electron chi connectivity index (χ2n) is 3.53. The number of aliphatic carboxylic acids is 1. The van der Waals surface area contributed by atoms with Crippen LogP contribution in [0.15, 0.2) is 30.3 Å². The minimum atomic E-state index is -1.07. The molecule has 0 heterocycles. The first-order valence-corrected chi connectivity index (χ1v) is 4.80. The van der Waals surface area contributed by atoms with Crippen molar-refractivity contribution in [3.05, 3.63) is 35.9 Å². The van der Waals surface area contributed by atoms with Crippen LogP contribution in [0, 0.1) is 5.92 Å². The van der Waals surface area contributed by atoms with E-state index >= 15 is 0 Å². The van der Waals surface area contributed by atoms with Crippen LogP contribution in [0.4, 0.5) is 0 Å². The highest BCUT2D eigenvalue weighted by Crippen LogP contribution is 2.13. The van der Waals surface area contributed by atoms with Gasteiger partial charge in [0.2, 0.25) is 0 Å². The Balaban J connectivity index is 2.63. The normalized spacial score (nSPS) is 14.5. The molecule has 4 N–H and O–H groups in total. The summed E-state index contributed by atoms with van der Waals surface area (Å²) in [7, 11) is 0. The first-order valence-electron chi connectivity index (χ1n) is 4.80. The summed E-state index contributed by atoms with van der Waals surface area (Å²) in [6.07, 6.45) is -0.607. The van der Waals surface area contributed by atoms with Crippen molar-refractivity contribution in [2.24, 2.45) is 11.7 Å². The van der Waals surface area contributed by atoms with Gasteiger partial charge in [-0.15, -0.1) is 0 Å². The minimum absolute atomic E-state index is 0.0736. The van der Waals surface area contributed by atoms with Crippen LogP contribution in [0.5, 0.6) is 0 Å². The molecule has 4 heteroatoms. The standard InChI is InChI=1S/C11H15NO3/c12-10(13)7-9(11(14)15)6-8-4-2-1-3-5-8/h1-5,9-10,13H,6-7,12H2,(H,14,15). The van der Waals surface area contributed by atoms with E-state index in [0.717, 1.165) is 5.56 Å². The number of carbonyl (C=O) groups is 1. The van der Waals surface area contributed by atoms with Crippen molar-refractivity contribution >= 4 is 5.97 Å². The molecule has 1 aromatic carbocycles. The lowest BCUT2D eigenvalue weighted by Crippen LogP contribution is -2.28. The van der Waals surface area contributed by atoms with Gasteiger partial charge in [0.05, 0.1) is 5.92 Å². The van der Waals surface area contributed by atoms with Gasteiger partial charge >= 0.3 is 5.97 Å². The molecule has 0 bridgehead atoms. The van der Waals surface area contributed by atoms with Gasteiger partial charge in [-0.1, -0.05) is 30.3 Å². The lowest BCUT2D eigenvalue weighted by molar-refractivity contribution is -0.142. The molecule has 0 aromatic heterocycles. The Bertz CT molecular complexity index is 311. The zero-order valence-electron chi connectivity index (χ0n) is 8.34. The molecule has 1 aromatic rings. The van der Waals surface area contributed by atoms with Crippen LogP contribution in [-0.2, 0) is 11.2 Å². The Kier molecular flexibility index (Phi) is 4.27. The molecular weight excluding hydrogens is 194 g/mol. The fraction of sp³-hybridized carbons (Fsp3) is 0.364. The number of hydrogen-bond acceptors (Lipinski definition) is 3. The predicted octanol–water partition coefficient (Wildman–Crippen LogP) is 0.597. The van der Waals surface area contributed by atoms with Gasteiger partial charge < -0.3 is 15.9 Å². The molecular formula is C11H15NO3. The third kappa shape index (κ3) is 4.10. The summed E-state index contributed by atoms with van der Waals surface area (Å²) in [6, 6.07) is 9.30. The third-order valence-corrected chi connectivity index (χ3v) is 2.20. The van der Waals surface area contributed by atoms with E-state index in [4.69, 9.17) is 15.9 Å². The Morgan fingerprint density at radius 1 is 1.33 bits per heavy atom. The molecule has 0 fully saturated rings. The Hall–Kier alpha value is -1.39. The molecule has 0 radical (unpaired) electrons. The van der Waals surface area contributed by atoms with Crippen LogP contribution in [0.1, 0.15) is 12.0 Å². The molecule has 4 nitrogen and oxygen atoms in total. The van der Waals surface area contributed by atoms with Crippen LogP contribution in [-0.4, -0.2) is 22.4 Å². The van der Waals surface area contributed by atoms with Crippen molar-refractivity contribution < 1.29 is 15.0 Å². The molecule has 0 aliphatic heterocycles. The third-order valence-electron chi connectivity index (χ3n) is 2.20. The van der Waals surface area contributed by atoms with Gasteiger partial charge in [-0.3, -0.25) is 4.79 Å². The number of rotatable bonds is 5. The van der Waals surface area contributed by atoms with Crippen LogP contribution in [0.3, 0.4) is 0 Å². The largest absolute Gasteiger partial charge is 0.481 e. The second-order valence-corrected chi connectivity index (χ2v) is 3.53. The molecule has 1 rings (SSSR count). The van der Waals surface area contributed by atoms with E-state index in [1.807, 2.05) is 30.3 Å². The van der Waals surface area contributed by atoms with Gasteiger partial charge in [-0.25, -0.2) is 0 Å². The van der Waals surface area contributed by atoms with Crippen molar-refractivity contribution in [3.63, 3.8) is 0 Å². The summed E-state index contributed by atoms with van der Waals surface area (Å²) < 4.78 is 0. The summed E-state index contributed by atoms with van der Waals surface area (Å²) in [4.78, 5) is 10.9. The molecule has 0 saturated carbocycles. The molecule has 2 unspecified atom stereocenters. The van der Waals surface area contributed by atoms with E-state index < -0.39 is 18.1 Å². The van der Waals surface area contributed by atoms with Gasteiger partial charge in [0.1, 0.15) is 6.23 Å². The van der Waals surface area contributed by atoms with Crippen LogP contribution < -0.4 is 5.73 Å². The van der Waals surface area contributed by atoms with Crippen LogP contribution in [0.2, 0.25) is 0 Å².